The van der Waals surface area contributed by atoms with Crippen LogP contribution in [0.5, 0.6) is 0 Å². The summed E-state index contributed by atoms with van der Waals surface area (Å²) in [7, 11) is 0. The van der Waals surface area contributed by atoms with Gasteiger partial charge in [-0.1, -0.05) is 60.1 Å². The van der Waals surface area contributed by atoms with Crippen LogP contribution in [0.2, 0.25) is 0 Å². The second-order valence-electron chi connectivity index (χ2n) is 17.6. The van der Waals surface area contributed by atoms with Crippen molar-refractivity contribution in [2.75, 3.05) is 6.61 Å². The molecule has 0 radical (unpaired) electrons. The number of ether oxygens (including phenoxy) is 2. The number of aliphatic hydroxyl groups is 4. The van der Waals surface area contributed by atoms with Gasteiger partial charge in [0.05, 0.1) is 12.0 Å². The van der Waals surface area contributed by atoms with Gasteiger partial charge in [0, 0.05) is 11.8 Å². The summed E-state index contributed by atoms with van der Waals surface area (Å²) in [4.78, 5) is 27.4. The van der Waals surface area contributed by atoms with E-state index in [1.54, 1.807) is 0 Å². The van der Waals surface area contributed by atoms with Crippen molar-refractivity contribution >= 4 is 11.8 Å². The average molecular weight is 617 g/mol. The Balaban J connectivity index is 1.35. The molecule has 0 aromatic heterocycles. The van der Waals surface area contributed by atoms with Crippen LogP contribution in [0.4, 0.5) is 0 Å². The molecule has 248 valence electrons. The van der Waals surface area contributed by atoms with Gasteiger partial charge in [0.15, 0.2) is 0 Å². The lowest BCUT2D eigenvalue weighted by Crippen LogP contribution is -2.65. The van der Waals surface area contributed by atoms with Crippen molar-refractivity contribution < 1.29 is 39.5 Å². The van der Waals surface area contributed by atoms with Crippen molar-refractivity contribution in [2.45, 2.75) is 143 Å². The zero-order chi connectivity index (χ0) is 32.3. The van der Waals surface area contributed by atoms with Crippen LogP contribution in [0.15, 0.2) is 11.6 Å². The van der Waals surface area contributed by atoms with Crippen molar-refractivity contribution in [1.82, 2.24) is 0 Å². The van der Waals surface area contributed by atoms with E-state index in [1.165, 1.54) is 5.57 Å². The van der Waals surface area contributed by atoms with Crippen LogP contribution in [-0.2, 0) is 19.1 Å². The normalized spacial score (nSPS) is 51.2. The second kappa shape index (κ2) is 10.3. The van der Waals surface area contributed by atoms with Crippen LogP contribution in [-0.4, -0.2) is 69.5 Å². The molecule has 0 aromatic rings. The molecule has 1 aliphatic heterocycles. The molecule has 4 N–H and O–H groups in total. The van der Waals surface area contributed by atoms with E-state index in [-0.39, 0.29) is 33.0 Å². The highest BCUT2D eigenvalue weighted by molar-refractivity contribution is 5.85. The van der Waals surface area contributed by atoms with E-state index in [9.17, 15) is 30.0 Å². The Morgan fingerprint density at radius 2 is 1.59 bits per heavy atom. The molecular weight excluding hydrogens is 560 g/mol. The lowest BCUT2D eigenvalue weighted by atomic mass is 9.33. The summed E-state index contributed by atoms with van der Waals surface area (Å²) in [5, 5.41) is 41.0. The molecule has 1 saturated heterocycles. The molecule has 0 bridgehead atoms. The molecule has 44 heavy (non-hydrogen) atoms. The third-order valence-corrected chi connectivity index (χ3v) is 14.9. The number of hydrogen-bond acceptors (Lipinski definition) is 8. The largest absolute Gasteiger partial charge is 0.432 e. The molecule has 1 heterocycles. The van der Waals surface area contributed by atoms with Crippen LogP contribution in [0.3, 0.4) is 0 Å². The SMILES string of the molecule is CC1(C)CC[C@]2(C(=O)O[C@@H]3O[C@H](CO)[C@H](O)[C@H](O)[C@H]3O)CC[C@]3(C)C(=CC[C@@H]4[C@@]5(C)CCC(=O)C(C)(C)[C@@H]5CC[C@]43C)[C@@H]2C1. The summed E-state index contributed by atoms with van der Waals surface area (Å²) in [5.74, 6) is 0.806. The van der Waals surface area contributed by atoms with Crippen LogP contribution in [0, 0.1) is 50.2 Å². The van der Waals surface area contributed by atoms with E-state index >= 15 is 0 Å². The number of hydrogen-bond donors (Lipinski definition) is 4. The monoisotopic (exact) mass is 616 g/mol. The van der Waals surface area contributed by atoms with Gasteiger partial charge in [0.25, 0.3) is 0 Å². The molecule has 6 aliphatic rings. The third-order valence-electron chi connectivity index (χ3n) is 14.9. The van der Waals surface area contributed by atoms with Gasteiger partial charge >= 0.3 is 5.97 Å². The number of rotatable bonds is 3. The summed E-state index contributed by atoms with van der Waals surface area (Å²) in [6.07, 6.45) is 3.77. The fourth-order valence-corrected chi connectivity index (χ4v) is 11.8. The second-order valence-corrected chi connectivity index (χ2v) is 17.6. The van der Waals surface area contributed by atoms with Crippen molar-refractivity contribution in [1.29, 1.82) is 0 Å². The fourth-order valence-electron chi connectivity index (χ4n) is 11.8. The van der Waals surface area contributed by atoms with E-state index in [0.29, 0.717) is 36.9 Å². The summed E-state index contributed by atoms with van der Waals surface area (Å²) < 4.78 is 11.6. The van der Waals surface area contributed by atoms with Crippen LogP contribution in [0.1, 0.15) is 113 Å². The zero-order valence-electron chi connectivity index (χ0n) is 27.9. The number of aliphatic hydroxyl groups excluding tert-OH is 4. The zero-order valence-corrected chi connectivity index (χ0v) is 27.9. The number of ketones is 1. The third kappa shape index (κ3) is 4.33. The topological polar surface area (TPSA) is 134 Å². The molecule has 12 atom stereocenters. The van der Waals surface area contributed by atoms with Crippen LogP contribution in [0.25, 0.3) is 0 Å². The Kier molecular flexibility index (Phi) is 7.66. The Hall–Kier alpha value is -1.32. The van der Waals surface area contributed by atoms with Crippen molar-refractivity contribution in [3.05, 3.63) is 11.6 Å². The van der Waals surface area contributed by atoms with Gasteiger partial charge < -0.3 is 29.9 Å². The Bertz CT molecular complexity index is 1220. The standard InChI is InChI=1S/C36H56O8/c1-31(2)14-16-36(30(42)44-29-28(41)27(40)26(39)22(19-37)43-29)17-15-34(6)20(21(36)18-31)8-9-24-33(5)12-11-25(38)32(3,4)23(33)10-13-35(24,34)7/h8,21-24,26-29,37,39-41H,9-19H2,1-7H3/t21-,22+,23-,24+,26-,27-,28+,29-,33-,34+,35+,36-/m0/s1. The molecular formula is C36H56O8. The maximum atomic E-state index is 14.4. The highest BCUT2D eigenvalue weighted by atomic mass is 16.7. The minimum atomic E-state index is -1.61. The fraction of sp³-hybridized carbons (Fsp3) is 0.889. The van der Waals surface area contributed by atoms with Gasteiger partial charge in [-0.05, 0) is 97.2 Å². The molecule has 6 rings (SSSR count). The van der Waals surface area contributed by atoms with Crippen LogP contribution >= 0.6 is 0 Å². The van der Waals surface area contributed by atoms with Crippen molar-refractivity contribution in [2.24, 2.45) is 50.2 Å². The predicted molar refractivity (Wildman–Crippen MR) is 164 cm³/mol. The molecule has 0 spiro atoms. The van der Waals surface area contributed by atoms with Gasteiger partial charge in [0.1, 0.15) is 30.2 Å². The number of allylic oxidation sites excluding steroid dienone is 2. The summed E-state index contributed by atoms with van der Waals surface area (Å²) in [6.45, 7) is 15.8. The maximum absolute atomic E-state index is 14.4. The van der Waals surface area contributed by atoms with E-state index in [1.807, 2.05) is 0 Å². The van der Waals surface area contributed by atoms with Crippen molar-refractivity contribution in [3.63, 3.8) is 0 Å². The molecule has 0 unspecified atom stereocenters. The Morgan fingerprint density at radius 1 is 0.909 bits per heavy atom. The van der Waals surface area contributed by atoms with Crippen LogP contribution < -0.4 is 0 Å². The van der Waals surface area contributed by atoms with Crippen molar-refractivity contribution in [3.8, 4) is 0 Å². The van der Waals surface area contributed by atoms with E-state index in [4.69, 9.17) is 9.47 Å². The summed E-state index contributed by atoms with van der Waals surface area (Å²) >= 11 is 0. The minimum Gasteiger partial charge on any atom is -0.432 e. The molecule has 4 saturated carbocycles. The van der Waals surface area contributed by atoms with E-state index < -0.39 is 48.7 Å². The molecule has 0 aromatic carbocycles. The molecule has 8 nitrogen and oxygen atoms in total. The van der Waals surface area contributed by atoms with Gasteiger partial charge in [-0.15, -0.1) is 0 Å². The first-order valence-electron chi connectivity index (χ1n) is 17.1. The number of carbonyl (C=O) groups is 2. The molecule has 5 aliphatic carbocycles. The van der Waals surface area contributed by atoms with E-state index in [0.717, 1.165) is 44.9 Å². The first-order valence-corrected chi connectivity index (χ1v) is 17.1. The first-order chi connectivity index (χ1) is 20.4. The Morgan fingerprint density at radius 3 is 2.27 bits per heavy atom. The number of carbonyl (C=O) groups excluding carboxylic acids is 2. The summed E-state index contributed by atoms with van der Waals surface area (Å²) in [6, 6.07) is 0. The Labute approximate surface area is 263 Å². The molecule has 8 heteroatoms. The quantitative estimate of drug-likeness (QED) is 0.265. The van der Waals surface area contributed by atoms with Gasteiger partial charge in [-0.2, -0.15) is 0 Å². The van der Waals surface area contributed by atoms with Gasteiger partial charge in [-0.25, -0.2) is 0 Å². The number of Topliss-reactive ketones (excluding diaryl/α,β-unsaturated/α-hetero) is 1. The number of fused-ring (bicyclic) bond motifs is 7. The predicted octanol–water partition coefficient (Wildman–Crippen LogP) is 4.70. The molecule has 0 amide bonds. The highest BCUT2D eigenvalue weighted by Crippen LogP contribution is 2.75. The van der Waals surface area contributed by atoms with Gasteiger partial charge in [-0.3, -0.25) is 9.59 Å². The van der Waals surface area contributed by atoms with Gasteiger partial charge in [0.2, 0.25) is 6.29 Å². The number of esters is 1. The minimum absolute atomic E-state index is 0.0185. The van der Waals surface area contributed by atoms with E-state index in [2.05, 4.69) is 54.5 Å². The smallest absolute Gasteiger partial charge is 0.315 e. The first kappa shape index (κ1) is 32.6. The molecule has 5 fully saturated rings. The highest BCUT2D eigenvalue weighted by Gasteiger charge is 2.69. The summed E-state index contributed by atoms with van der Waals surface area (Å²) in [5.41, 5.74) is 0.373. The lowest BCUT2D eigenvalue weighted by Gasteiger charge is -2.70. The average Bonchev–Trinajstić information content (AvgIpc) is 2.95. The lowest BCUT2D eigenvalue weighted by molar-refractivity contribution is -0.297. The maximum Gasteiger partial charge on any atom is 0.315 e.